The van der Waals surface area contributed by atoms with Crippen molar-refractivity contribution in [1.82, 2.24) is 15.2 Å². The molecule has 0 atom stereocenters. The van der Waals surface area contributed by atoms with Gasteiger partial charge in [0.2, 0.25) is 5.91 Å². The second kappa shape index (κ2) is 9.22. The first-order valence-corrected chi connectivity index (χ1v) is 11.1. The number of nitrogens with zero attached hydrogens (tertiary/aromatic N) is 2. The van der Waals surface area contributed by atoms with Crippen molar-refractivity contribution in [3.05, 3.63) is 76.8 Å². The van der Waals surface area contributed by atoms with Crippen LogP contribution in [0.1, 0.15) is 34.5 Å². The van der Waals surface area contributed by atoms with E-state index < -0.39 is 0 Å². The van der Waals surface area contributed by atoms with Gasteiger partial charge in [-0.3, -0.25) is 9.59 Å². The zero-order valence-corrected chi connectivity index (χ0v) is 17.8. The van der Waals surface area contributed by atoms with Crippen LogP contribution in [0.3, 0.4) is 0 Å². The van der Waals surface area contributed by atoms with Gasteiger partial charge in [-0.15, -0.1) is 11.3 Å². The van der Waals surface area contributed by atoms with Crippen LogP contribution in [0, 0.1) is 6.92 Å². The normalized spacial score (nSPS) is 14.5. The Hall–Kier alpha value is -2.99. The van der Waals surface area contributed by atoms with Crippen LogP contribution in [0.15, 0.2) is 60.0 Å². The smallest absolute Gasteiger partial charge is 0.251 e. The number of carbonyl (C=O) groups is 2. The number of thiazole rings is 1. The van der Waals surface area contributed by atoms with E-state index in [1.54, 1.807) is 11.3 Å². The lowest BCUT2D eigenvalue weighted by atomic mass is 10.0. The molecule has 154 valence electrons. The van der Waals surface area contributed by atoms with Gasteiger partial charge in [-0.2, -0.15) is 0 Å². The maximum absolute atomic E-state index is 12.7. The minimum Gasteiger partial charge on any atom is -0.349 e. The molecule has 4 rings (SSSR count). The van der Waals surface area contributed by atoms with Crippen molar-refractivity contribution in [3.8, 4) is 10.6 Å². The third kappa shape index (κ3) is 4.94. The van der Waals surface area contributed by atoms with Gasteiger partial charge in [-0.25, -0.2) is 4.98 Å². The van der Waals surface area contributed by atoms with Crippen LogP contribution >= 0.6 is 11.3 Å². The van der Waals surface area contributed by atoms with Gasteiger partial charge < -0.3 is 10.2 Å². The van der Waals surface area contributed by atoms with Gasteiger partial charge in [0.1, 0.15) is 5.01 Å². The molecule has 5 nitrogen and oxygen atoms in total. The fraction of sp³-hybridized carbons (Fsp3) is 0.292. The fourth-order valence-electron chi connectivity index (χ4n) is 3.62. The van der Waals surface area contributed by atoms with E-state index in [1.807, 2.05) is 40.6 Å². The average Bonchev–Trinajstić information content (AvgIpc) is 3.23. The van der Waals surface area contributed by atoms with Crippen molar-refractivity contribution in [2.75, 3.05) is 13.1 Å². The molecule has 0 aliphatic carbocycles. The molecule has 0 unspecified atom stereocenters. The summed E-state index contributed by atoms with van der Waals surface area (Å²) in [5.41, 5.74) is 3.79. The van der Waals surface area contributed by atoms with E-state index in [0.717, 1.165) is 29.1 Å². The molecule has 1 aromatic heterocycles. The van der Waals surface area contributed by atoms with Crippen LogP contribution < -0.4 is 5.32 Å². The zero-order chi connectivity index (χ0) is 20.9. The number of rotatable bonds is 5. The number of carbonyl (C=O) groups excluding carboxylic acids is 2. The molecule has 6 heteroatoms. The maximum Gasteiger partial charge on any atom is 0.251 e. The highest BCUT2D eigenvalue weighted by Gasteiger charge is 2.24. The predicted octanol–water partition coefficient (Wildman–Crippen LogP) is 4.08. The molecule has 0 saturated carbocycles. The number of piperidine rings is 1. The van der Waals surface area contributed by atoms with Crippen molar-refractivity contribution >= 4 is 23.2 Å². The van der Waals surface area contributed by atoms with E-state index in [9.17, 15) is 9.59 Å². The molecule has 0 bridgehead atoms. The van der Waals surface area contributed by atoms with Crippen molar-refractivity contribution in [3.63, 3.8) is 0 Å². The number of aryl methyl sites for hydroxylation is 1. The second-order valence-corrected chi connectivity index (χ2v) is 8.54. The average molecular weight is 420 g/mol. The summed E-state index contributed by atoms with van der Waals surface area (Å²) < 4.78 is 0. The summed E-state index contributed by atoms with van der Waals surface area (Å²) in [7, 11) is 0. The van der Waals surface area contributed by atoms with Gasteiger partial charge >= 0.3 is 0 Å². The molecule has 1 aliphatic heterocycles. The van der Waals surface area contributed by atoms with Crippen molar-refractivity contribution in [2.24, 2.45) is 0 Å². The number of benzene rings is 2. The molecule has 2 aromatic carbocycles. The Balaban J connectivity index is 1.27. The van der Waals surface area contributed by atoms with Crippen molar-refractivity contribution in [1.29, 1.82) is 0 Å². The van der Waals surface area contributed by atoms with E-state index in [2.05, 4.69) is 41.5 Å². The van der Waals surface area contributed by atoms with E-state index in [1.165, 1.54) is 5.56 Å². The summed E-state index contributed by atoms with van der Waals surface area (Å²) >= 11 is 1.57. The second-order valence-electron chi connectivity index (χ2n) is 7.68. The Bertz CT molecular complexity index is 1010. The number of amides is 2. The molecule has 2 heterocycles. The van der Waals surface area contributed by atoms with Crippen LogP contribution in [0.5, 0.6) is 0 Å². The first kappa shape index (κ1) is 20.3. The Morgan fingerprint density at radius 2 is 1.77 bits per heavy atom. The summed E-state index contributed by atoms with van der Waals surface area (Å²) in [6.07, 6.45) is 1.87. The number of aromatic nitrogens is 1. The molecule has 0 radical (unpaired) electrons. The minimum atomic E-state index is -0.0496. The monoisotopic (exact) mass is 419 g/mol. The molecule has 2 amide bonds. The van der Waals surface area contributed by atoms with E-state index in [0.29, 0.717) is 25.1 Å². The summed E-state index contributed by atoms with van der Waals surface area (Å²) in [6.45, 7) is 3.38. The Labute approximate surface area is 180 Å². The van der Waals surface area contributed by atoms with Gasteiger partial charge in [0.15, 0.2) is 0 Å². The molecule has 30 heavy (non-hydrogen) atoms. The molecular weight excluding hydrogens is 394 g/mol. The first-order chi connectivity index (χ1) is 14.6. The van der Waals surface area contributed by atoms with Crippen LogP contribution in [0.25, 0.3) is 10.6 Å². The van der Waals surface area contributed by atoms with Crippen LogP contribution in [0.2, 0.25) is 0 Å². The van der Waals surface area contributed by atoms with Crippen LogP contribution in [0.4, 0.5) is 0 Å². The number of hydrogen-bond acceptors (Lipinski definition) is 4. The SMILES string of the molecule is Cc1ccc(-c2nc(CC(=O)N3CCC(NC(=O)c4ccccc4)CC3)cs2)cc1. The lowest BCUT2D eigenvalue weighted by Crippen LogP contribution is -2.47. The Morgan fingerprint density at radius 1 is 1.07 bits per heavy atom. The first-order valence-electron chi connectivity index (χ1n) is 10.2. The molecule has 0 spiro atoms. The van der Waals surface area contributed by atoms with Crippen molar-refractivity contribution in [2.45, 2.75) is 32.2 Å². The van der Waals surface area contributed by atoms with E-state index in [-0.39, 0.29) is 17.9 Å². The highest BCUT2D eigenvalue weighted by atomic mass is 32.1. The molecule has 1 saturated heterocycles. The summed E-state index contributed by atoms with van der Waals surface area (Å²) in [4.78, 5) is 31.6. The highest BCUT2D eigenvalue weighted by molar-refractivity contribution is 7.13. The number of likely N-dealkylation sites (tertiary alicyclic amines) is 1. The fourth-order valence-corrected chi connectivity index (χ4v) is 4.44. The molecule has 1 aliphatic rings. The third-order valence-electron chi connectivity index (χ3n) is 5.40. The standard InChI is InChI=1S/C24H25N3O2S/c1-17-7-9-19(10-8-17)24-26-21(16-30-24)15-22(28)27-13-11-20(12-14-27)25-23(29)18-5-3-2-4-6-18/h2-10,16,20H,11-15H2,1H3,(H,25,29). The largest absolute Gasteiger partial charge is 0.349 e. The number of hydrogen-bond donors (Lipinski definition) is 1. The van der Waals surface area contributed by atoms with Crippen LogP contribution in [-0.2, 0) is 11.2 Å². The lowest BCUT2D eigenvalue weighted by molar-refractivity contribution is -0.131. The molecule has 3 aromatic rings. The summed E-state index contributed by atoms with van der Waals surface area (Å²) in [6, 6.07) is 17.6. The van der Waals surface area contributed by atoms with Gasteiger partial charge in [0.25, 0.3) is 5.91 Å². The molecule has 1 N–H and O–H groups in total. The Kier molecular flexibility index (Phi) is 6.23. The van der Waals surface area contributed by atoms with E-state index >= 15 is 0 Å². The Morgan fingerprint density at radius 3 is 2.47 bits per heavy atom. The van der Waals surface area contributed by atoms with Gasteiger partial charge in [-0.05, 0) is 31.9 Å². The highest BCUT2D eigenvalue weighted by Crippen LogP contribution is 2.24. The number of nitrogens with one attached hydrogen (secondary N) is 1. The third-order valence-corrected chi connectivity index (χ3v) is 6.34. The van der Waals surface area contributed by atoms with Gasteiger partial charge in [-0.1, -0.05) is 48.0 Å². The molecule has 1 fully saturated rings. The quantitative estimate of drug-likeness (QED) is 0.678. The minimum absolute atomic E-state index is 0.0496. The maximum atomic E-state index is 12.7. The summed E-state index contributed by atoms with van der Waals surface area (Å²) in [5.74, 6) is 0.0510. The topological polar surface area (TPSA) is 62.3 Å². The lowest BCUT2D eigenvalue weighted by Gasteiger charge is -2.32. The predicted molar refractivity (Wildman–Crippen MR) is 120 cm³/mol. The van der Waals surface area contributed by atoms with Crippen molar-refractivity contribution < 1.29 is 9.59 Å². The summed E-state index contributed by atoms with van der Waals surface area (Å²) in [5, 5.41) is 6.00. The van der Waals surface area contributed by atoms with Gasteiger partial charge in [0, 0.05) is 35.6 Å². The zero-order valence-electron chi connectivity index (χ0n) is 17.0. The molecular formula is C24H25N3O2S. The van der Waals surface area contributed by atoms with Gasteiger partial charge in [0.05, 0.1) is 12.1 Å². The van der Waals surface area contributed by atoms with E-state index in [4.69, 9.17) is 0 Å². The van der Waals surface area contributed by atoms with Crippen LogP contribution in [-0.4, -0.2) is 40.8 Å².